The van der Waals surface area contributed by atoms with Crippen LogP contribution in [-0.2, 0) is 0 Å². The summed E-state index contributed by atoms with van der Waals surface area (Å²) in [4.78, 5) is 7.10. The van der Waals surface area contributed by atoms with E-state index in [4.69, 9.17) is 4.99 Å². The summed E-state index contributed by atoms with van der Waals surface area (Å²) in [6.07, 6.45) is 6.54. The van der Waals surface area contributed by atoms with Crippen LogP contribution >= 0.6 is 0 Å². The molecule has 2 N–H and O–H groups in total. The van der Waals surface area contributed by atoms with Crippen LogP contribution in [0.1, 0.15) is 59.3 Å². The SMILES string of the molecule is CCNC(=NCC1(O)CCCC1)N1CCC(C)(CC)C1. The Hall–Kier alpha value is -0.770. The highest BCUT2D eigenvalue weighted by molar-refractivity contribution is 5.80. The summed E-state index contributed by atoms with van der Waals surface area (Å²) in [5.74, 6) is 0.991. The van der Waals surface area contributed by atoms with Crippen molar-refractivity contribution in [2.75, 3.05) is 26.2 Å². The molecule has 1 aliphatic heterocycles. The standard InChI is InChI=1S/C16H31N3O/c1-4-15(3)10-11-19(13-15)14(17-5-2)18-12-16(20)8-6-7-9-16/h20H,4-13H2,1-3H3,(H,17,18). The molecule has 0 bridgehead atoms. The van der Waals surface area contributed by atoms with E-state index in [0.29, 0.717) is 12.0 Å². The van der Waals surface area contributed by atoms with Crippen molar-refractivity contribution in [1.82, 2.24) is 10.2 Å². The third-order valence-corrected chi connectivity index (χ3v) is 5.10. The van der Waals surface area contributed by atoms with Crippen LogP contribution in [0.25, 0.3) is 0 Å². The lowest BCUT2D eigenvalue weighted by Gasteiger charge is -2.27. The predicted molar refractivity (Wildman–Crippen MR) is 84.0 cm³/mol. The van der Waals surface area contributed by atoms with Gasteiger partial charge in [0.05, 0.1) is 12.1 Å². The van der Waals surface area contributed by atoms with Crippen molar-refractivity contribution < 1.29 is 5.11 Å². The van der Waals surface area contributed by atoms with Crippen molar-refractivity contribution >= 4 is 5.96 Å². The fourth-order valence-electron chi connectivity index (χ4n) is 3.33. The molecule has 0 aromatic rings. The maximum absolute atomic E-state index is 10.4. The van der Waals surface area contributed by atoms with Crippen LogP contribution in [0, 0.1) is 5.41 Å². The first-order valence-corrected chi connectivity index (χ1v) is 8.26. The molecule has 1 unspecified atom stereocenters. The third-order valence-electron chi connectivity index (χ3n) is 5.10. The van der Waals surface area contributed by atoms with E-state index in [9.17, 15) is 5.11 Å². The van der Waals surface area contributed by atoms with Gasteiger partial charge < -0.3 is 15.3 Å². The first-order chi connectivity index (χ1) is 9.50. The van der Waals surface area contributed by atoms with Crippen LogP contribution < -0.4 is 5.32 Å². The average molecular weight is 281 g/mol. The van der Waals surface area contributed by atoms with Crippen molar-refractivity contribution in [3.8, 4) is 0 Å². The van der Waals surface area contributed by atoms with Gasteiger partial charge in [0, 0.05) is 19.6 Å². The zero-order valence-corrected chi connectivity index (χ0v) is 13.4. The molecule has 0 spiro atoms. The number of likely N-dealkylation sites (tertiary alicyclic amines) is 1. The fraction of sp³-hybridized carbons (Fsp3) is 0.938. The summed E-state index contributed by atoms with van der Waals surface area (Å²) in [5.41, 5.74) is -0.130. The van der Waals surface area contributed by atoms with E-state index in [2.05, 4.69) is 31.0 Å². The zero-order valence-electron chi connectivity index (χ0n) is 13.4. The summed E-state index contributed by atoms with van der Waals surface area (Å²) in [5, 5.41) is 13.8. The molecule has 20 heavy (non-hydrogen) atoms. The second kappa shape index (κ2) is 6.33. The number of hydrogen-bond acceptors (Lipinski definition) is 2. The Morgan fingerprint density at radius 1 is 1.25 bits per heavy atom. The molecule has 1 heterocycles. The number of nitrogens with zero attached hydrogens (tertiary/aromatic N) is 2. The molecule has 2 fully saturated rings. The van der Waals surface area contributed by atoms with Gasteiger partial charge in [0.1, 0.15) is 0 Å². The molecular formula is C16H31N3O. The number of hydrogen-bond donors (Lipinski definition) is 2. The lowest BCUT2D eigenvalue weighted by molar-refractivity contribution is 0.0572. The normalized spacial score (nSPS) is 30.0. The first-order valence-electron chi connectivity index (χ1n) is 8.26. The number of rotatable bonds is 4. The summed E-state index contributed by atoms with van der Waals surface area (Å²) >= 11 is 0. The first kappa shape index (κ1) is 15.6. The van der Waals surface area contributed by atoms with Crippen LogP contribution in [0.3, 0.4) is 0 Å². The van der Waals surface area contributed by atoms with E-state index < -0.39 is 5.60 Å². The number of aliphatic hydroxyl groups is 1. The van der Waals surface area contributed by atoms with Crippen molar-refractivity contribution in [1.29, 1.82) is 0 Å². The van der Waals surface area contributed by atoms with Gasteiger partial charge in [-0.05, 0) is 38.0 Å². The maximum Gasteiger partial charge on any atom is 0.194 e. The Labute approximate surface area is 123 Å². The van der Waals surface area contributed by atoms with Crippen LogP contribution in [0.2, 0.25) is 0 Å². The van der Waals surface area contributed by atoms with Crippen LogP contribution in [0.15, 0.2) is 4.99 Å². The second-order valence-electron chi connectivity index (χ2n) is 6.94. The van der Waals surface area contributed by atoms with E-state index in [1.807, 2.05) is 0 Å². The van der Waals surface area contributed by atoms with Gasteiger partial charge in [0.25, 0.3) is 0 Å². The van der Waals surface area contributed by atoms with Gasteiger partial charge in [0.2, 0.25) is 0 Å². The lowest BCUT2D eigenvalue weighted by Crippen LogP contribution is -2.42. The summed E-state index contributed by atoms with van der Waals surface area (Å²) < 4.78 is 0. The smallest absolute Gasteiger partial charge is 0.194 e. The quantitative estimate of drug-likeness (QED) is 0.614. The number of nitrogens with one attached hydrogen (secondary N) is 1. The molecule has 1 atom stereocenters. The van der Waals surface area contributed by atoms with Crippen molar-refractivity contribution in [3.05, 3.63) is 0 Å². The molecule has 4 heteroatoms. The van der Waals surface area contributed by atoms with Crippen LogP contribution in [-0.4, -0.2) is 47.7 Å². The molecule has 116 valence electrons. The number of aliphatic imine (C=N–C) groups is 1. The minimum absolute atomic E-state index is 0.417. The monoisotopic (exact) mass is 281 g/mol. The van der Waals surface area contributed by atoms with Gasteiger partial charge in [-0.2, -0.15) is 0 Å². The van der Waals surface area contributed by atoms with E-state index in [0.717, 1.165) is 51.3 Å². The zero-order chi connectivity index (χ0) is 14.6. The van der Waals surface area contributed by atoms with E-state index in [1.165, 1.54) is 12.8 Å². The summed E-state index contributed by atoms with van der Waals surface area (Å²) in [6.45, 7) is 10.3. The Bertz CT molecular complexity index is 350. The molecule has 0 aromatic carbocycles. The molecule has 0 aromatic heterocycles. The van der Waals surface area contributed by atoms with Crippen molar-refractivity contribution in [3.63, 3.8) is 0 Å². The Morgan fingerprint density at radius 2 is 1.95 bits per heavy atom. The Morgan fingerprint density at radius 3 is 2.50 bits per heavy atom. The largest absolute Gasteiger partial charge is 0.388 e. The molecule has 1 aliphatic carbocycles. The Balaban J connectivity index is 1.99. The fourth-order valence-corrected chi connectivity index (χ4v) is 3.33. The van der Waals surface area contributed by atoms with Gasteiger partial charge >= 0.3 is 0 Å². The van der Waals surface area contributed by atoms with Gasteiger partial charge in [-0.3, -0.25) is 4.99 Å². The molecule has 1 saturated heterocycles. The highest BCUT2D eigenvalue weighted by atomic mass is 16.3. The minimum atomic E-state index is -0.547. The molecule has 4 nitrogen and oxygen atoms in total. The number of guanidine groups is 1. The molecular weight excluding hydrogens is 250 g/mol. The van der Waals surface area contributed by atoms with Gasteiger partial charge in [-0.25, -0.2) is 0 Å². The Kier molecular flexibility index (Phi) is 4.95. The molecule has 0 amide bonds. The maximum atomic E-state index is 10.4. The van der Waals surface area contributed by atoms with Gasteiger partial charge in [-0.1, -0.05) is 26.7 Å². The minimum Gasteiger partial charge on any atom is -0.388 e. The summed E-state index contributed by atoms with van der Waals surface area (Å²) in [7, 11) is 0. The predicted octanol–water partition coefficient (Wildman–Crippen LogP) is 2.38. The topological polar surface area (TPSA) is 47.9 Å². The molecule has 2 aliphatic rings. The highest BCUT2D eigenvalue weighted by Gasteiger charge is 2.35. The van der Waals surface area contributed by atoms with Crippen molar-refractivity contribution in [2.45, 2.75) is 64.9 Å². The van der Waals surface area contributed by atoms with Crippen LogP contribution in [0.4, 0.5) is 0 Å². The van der Waals surface area contributed by atoms with E-state index >= 15 is 0 Å². The average Bonchev–Trinajstić information content (AvgIpc) is 3.03. The van der Waals surface area contributed by atoms with Crippen molar-refractivity contribution in [2.24, 2.45) is 10.4 Å². The van der Waals surface area contributed by atoms with E-state index in [1.54, 1.807) is 0 Å². The van der Waals surface area contributed by atoms with Gasteiger partial charge in [-0.15, -0.1) is 0 Å². The van der Waals surface area contributed by atoms with Gasteiger partial charge in [0.15, 0.2) is 5.96 Å². The molecule has 0 radical (unpaired) electrons. The molecule has 1 saturated carbocycles. The second-order valence-corrected chi connectivity index (χ2v) is 6.94. The highest BCUT2D eigenvalue weighted by Crippen LogP contribution is 2.33. The summed E-state index contributed by atoms with van der Waals surface area (Å²) in [6, 6.07) is 0. The third kappa shape index (κ3) is 3.66. The van der Waals surface area contributed by atoms with E-state index in [-0.39, 0.29) is 0 Å². The molecule has 2 rings (SSSR count). The lowest BCUT2D eigenvalue weighted by atomic mass is 9.87. The van der Waals surface area contributed by atoms with Crippen LogP contribution in [0.5, 0.6) is 0 Å².